The molecule has 104 valence electrons. The molecule has 1 aliphatic heterocycles. The van der Waals surface area contributed by atoms with Crippen molar-refractivity contribution >= 4 is 23.2 Å². The molecule has 1 aromatic rings. The molecule has 0 radical (unpaired) electrons. The Bertz CT molecular complexity index is 444. The van der Waals surface area contributed by atoms with E-state index in [1.807, 2.05) is 18.4 Å². The second-order valence-electron chi connectivity index (χ2n) is 5.15. The molecule has 19 heavy (non-hydrogen) atoms. The highest BCUT2D eigenvalue weighted by molar-refractivity contribution is 7.09. The van der Waals surface area contributed by atoms with Crippen molar-refractivity contribution in [1.82, 2.24) is 4.90 Å². The molecule has 1 N–H and O–H groups in total. The van der Waals surface area contributed by atoms with Crippen LogP contribution in [0.5, 0.6) is 0 Å². The number of carboxylic acids is 1. The molecule has 5 heteroatoms. The van der Waals surface area contributed by atoms with Crippen molar-refractivity contribution in [2.24, 2.45) is 11.8 Å². The first-order chi connectivity index (χ1) is 9.08. The van der Waals surface area contributed by atoms with E-state index in [-0.39, 0.29) is 11.8 Å². The first-order valence-corrected chi connectivity index (χ1v) is 7.49. The number of likely N-dealkylation sites (tertiary alicyclic amines) is 1. The van der Waals surface area contributed by atoms with Crippen molar-refractivity contribution < 1.29 is 14.7 Å². The molecule has 0 bridgehead atoms. The summed E-state index contributed by atoms with van der Waals surface area (Å²) in [5.74, 6) is -1.05. The lowest BCUT2D eigenvalue weighted by Crippen LogP contribution is -2.29. The van der Waals surface area contributed by atoms with Gasteiger partial charge in [-0.15, -0.1) is 11.3 Å². The Hall–Kier alpha value is -1.36. The van der Waals surface area contributed by atoms with Crippen LogP contribution in [0.1, 0.15) is 24.6 Å². The molecule has 1 amide bonds. The van der Waals surface area contributed by atoms with E-state index in [9.17, 15) is 9.59 Å². The number of carbonyl (C=O) groups excluding carboxylic acids is 1. The Balaban J connectivity index is 1.76. The van der Waals surface area contributed by atoms with Crippen molar-refractivity contribution in [2.75, 3.05) is 13.1 Å². The number of thiophene rings is 1. The van der Waals surface area contributed by atoms with E-state index in [4.69, 9.17) is 5.11 Å². The topological polar surface area (TPSA) is 57.6 Å². The van der Waals surface area contributed by atoms with Crippen LogP contribution in [-0.2, 0) is 16.0 Å². The Labute approximate surface area is 117 Å². The number of carboxylic acid groups (broad SMARTS) is 1. The summed E-state index contributed by atoms with van der Waals surface area (Å²) in [6.45, 7) is 2.85. The molecule has 2 heterocycles. The highest BCUT2D eigenvalue weighted by Gasteiger charge is 2.36. The number of carbonyl (C=O) groups is 2. The third-order valence-electron chi connectivity index (χ3n) is 3.68. The van der Waals surface area contributed by atoms with Crippen LogP contribution in [-0.4, -0.2) is 35.0 Å². The Morgan fingerprint density at radius 1 is 1.47 bits per heavy atom. The van der Waals surface area contributed by atoms with Crippen LogP contribution in [0.2, 0.25) is 0 Å². The van der Waals surface area contributed by atoms with Gasteiger partial charge < -0.3 is 10.0 Å². The minimum absolute atomic E-state index is 0.0544. The van der Waals surface area contributed by atoms with Crippen molar-refractivity contribution in [3.05, 3.63) is 22.4 Å². The zero-order chi connectivity index (χ0) is 13.8. The van der Waals surface area contributed by atoms with E-state index in [1.54, 1.807) is 16.2 Å². The van der Waals surface area contributed by atoms with Crippen LogP contribution in [0.25, 0.3) is 0 Å². The van der Waals surface area contributed by atoms with E-state index in [0.717, 1.165) is 12.8 Å². The normalized spacial score (nSPS) is 22.7. The Morgan fingerprint density at radius 3 is 2.84 bits per heavy atom. The second kappa shape index (κ2) is 6.19. The van der Waals surface area contributed by atoms with Gasteiger partial charge in [0, 0.05) is 24.4 Å². The van der Waals surface area contributed by atoms with E-state index in [1.165, 1.54) is 4.88 Å². The van der Waals surface area contributed by atoms with Crippen LogP contribution in [0, 0.1) is 11.8 Å². The highest BCUT2D eigenvalue weighted by Crippen LogP contribution is 2.24. The van der Waals surface area contributed by atoms with Gasteiger partial charge in [-0.2, -0.15) is 0 Å². The predicted molar refractivity (Wildman–Crippen MR) is 74.1 cm³/mol. The fourth-order valence-corrected chi connectivity index (χ4v) is 3.27. The molecule has 1 fully saturated rings. The molecule has 1 aromatic heterocycles. The summed E-state index contributed by atoms with van der Waals surface area (Å²) in [4.78, 5) is 26.0. The molecule has 4 nitrogen and oxygen atoms in total. The minimum atomic E-state index is -0.790. The van der Waals surface area contributed by atoms with Gasteiger partial charge in [-0.1, -0.05) is 13.0 Å². The maximum Gasteiger partial charge on any atom is 0.308 e. The number of aliphatic carboxylic acids is 1. The van der Waals surface area contributed by atoms with E-state index >= 15 is 0 Å². The summed E-state index contributed by atoms with van der Waals surface area (Å²) in [5.41, 5.74) is 0. The van der Waals surface area contributed by atoms with Gasteiger partial charge in [-0.25, -0.2) is 0 Å². The maximum absolute atomic E-state index is 12.0. The third-order valence-corrected chi connectivity index (χ3v) is 4.61. The highest BCUT2D eigenvalue weighted by atomic mass is 32.1. The first-order valence-electron chi connectivity index (χ1n) is 6.61. The summed E-state index contributed by atoms with van der Waals surface area (Å²) in [7, 11) is 0. The molecule has 0 spiro atoms. The van der Waals surface area contributed by atoms with Gasteiger partial charge in [-0.3, -0.25) is 9.59 Å². The predicted octanol–water partition coefficient (Wildman–Crippen LogP) is 2.25. The van der Waals surface area contributed by atoms with Gasteiger partial charge in [-0.05, 0) is 30.2 Å². The number of hydrogen-bond acceptors (Lipinski definition) is 3. The average molecular weight is 281 g/mol. The van der Waals surface area contributed by atoms with Crippen molar-refractivity contribution in [3.8, 4) is 0 Å². The standard InChI is InChI=1S/C14H19NO3S/c1-10-8-15(9-12(10)14(17)18)13(16)6-2-4-11-5-3-7-19-11/h3,5,7,10,12H,2,4,6,8-9H2,1H3,(H,17,18)/t10-,12-/m1/s1. The molecular formula is C14H19NO3S. The molecule has 1 saturated heterocycles. The summed E-state index contributed by atoms with van der Waals surface area (Å²) >= 11 is 1.71. The lowest BCUT2D eigenvalue weighted by atomic mass is 9.99. The van der Waals surface area contributed by atoms with Gasteiger partial charge >= 0.3 is 5.97 Å². The second-order valence-corrected chi connectivity index (χ2v) is 6.19. The SMILES string of the molecule is C[C@@H]1CN(C(=O)CCCc2cccs2)C[C@H]1C(=O)O. The number of hydrogen-bond donors (Lipinski definition) is 1. The molecule has 2 rings (SSSR count). The average Bonchev–Trinajstić information content (AvgIpc) is 2.98. The maximum atomic E-state index is 12.0. The fourth-order valence-electron chi connectivity index (χ4n) is 2.52. The van der Waals surface area contributed by atoms with Crippen LogP contribution < -0.4 is 0 Å². The number of rotatable bonds is 5. The third kappa shape index (κ3) is 3.56. The summed E-state index contributed by atoms with van der Waals surface area (Å²) in [5, 5.41) is 11.1. The van der Waals surface area contributed by atoms with Crippen LogP contribution >= 0.6 is 11.3 Å². The molecule has 0 saturated carbocycles. The molecule has 1 aliphatic rings. The summed E-state index contributed by atoms with van der Waals surface area (Å²) < 4.78 is 0. The van der Waals surface area contributed by atoms with Crippen molar-refractivity contribution in [3.63, 3.8) is 0 Å². The number of amides is 1. The van der Waals surface area contributed by atoms with Crippen molar-refractivity contribution in [2.45, 2.75) is 26.2 Å². The fraction of sp³-hybridized carbons (Fsp3) is 0.571. The van der Waals surface area contributed by atoms with Gasteiger partial charge in [0.25, 0.3) is 0 Å². The van der Waals surface area contributed by atoms with Gasteiger partial charge in [0.1, 0.15) is 0 Å². The zero-order valence-corrected chi connectivity index (χ0v) is 11.9. The smallest absolute Gasteiger partial charge is 0.308 e. The molecular weight excluding hydrogens is 262 g/mol. The number of aryl methyl sites for hydroxylation is 1. The largest absolute Gasteiger partial charge is 0.481 e. The lowest BCUT2D eigenvalue weighted by molar-refractivity contribution is -0.142. The van der Waals surface area contributed by atoms with Crippen molar-refractivity contribution in [1.29, 1.82) is 0 Å². The van der Waals surface area contributed by atoms with Crippen LogP contribution in [0.3, 0.4) is 0 Å². The van der Waals surface area contributed by atoms with E-state index in [2.05, 4.69) is 6.07 Å². The zero-order valence-electron chi connectivity index (χ0n) is 11.0. The summed E-state index contributed by atoms with van der Waals surface area (Å²) in [6, 6.07) is 4.09. The van der Waals surface area contributed by atoms with Crippen LogP contribution in [0.15, 0.2) is 17.5 Å². The summed E-state index contributed by atoms with van der Waals surface area (Å²) in [6.07, 6.45) is 2.27. The molecule has 2 atom stereocenters. The number of nitrogens with zero attached hydrogens (tertiary/aromatic N) is 1. The molecule has 0 aromatic carbocycles. The van der Waals surface area contributed by atoms with Gasteiger partial charge in [0.15, 0.2) is 0 Å². The minimum Gasteiger partial charge on any atom is -0.481 e. The quantitative estimate of drug-likeness (QED) is 0.900. The monoisotopic (exact) mass is 281 g/mol. The molecule has 0 unspecified atom stereocenters. The Morgan fingerprint density at radius 2 is 2.26 bits per heavy atom. The Kier molecular flexibility index (Phi) is 4.58. The van der Waals surface area contributed by atoms with Gasteiger partial charge in [0.2, 0.25) is 5.91 Å². The van der Waals surface area contributed by atoms with E-state index < -0.39 is 11.9 Å². The first kappa shape index (κ1) is 14.1. The van der Waals surface area contributed by atoms with E-state index in [0.29, 0.717) is 19.5 Å². The lowest BCUT2D eigenvalue weighted by Gasteiger charge is -2.15. The van der Waals surface area contributed by atoms with Gasteiger partial charge in [0.05, 0.1) is 5.92 Å². The molecule has 0 aliphatic carbocycles. The van der Waals surface area contributed by atoms with Crippen LogP contribution in [0.4, 0.5) is 0 Å².